The third-order valence-corrected chi connectivity index (χ3v) is 8.79. The normalized spacial score (nSPS) is 22.9. The van der Waals surface area contributed by atoms with E-state index < -0.39 is 0 Å². The Bertz CT molecular complexity index is 737. The molecule has 4 nitrogen and oxygen atoms in total. The summed E-state index contributed by atoms with van der Waals surface area (Å²) in [6.45, 7) is 18.5. The fraction of sp³-hybridized carbons (Fsp3) is 0.800. The molecule has 0 radical (unpaired) electrons. The van der Waals surface area contributed by atoms with Crippen molar-refractivity contribution < 1.29 is 4.74 Å². The molecule has 1 saturated carbocycles. The maximum absolute atomic E-state index is 5.91. The summed E-state index contributed by atoms with van der Waals surface area (Å²) in [4.78, 5) is 8.00. The monoisotopic (exact) mass is 469 g/mol. The van der Waals surface area contributed by atoms with Gasteiger partial charge in [-0.15, -0.1) is 0 Å². The molecule has 2 aliphatic heterocycles. The SMILES string of the molecule is CCCCCN1CCN(c2ccc(N3CCC(OCC)CC3)cc2C2CCC(C)(C)CC2)CC1. The summed E-state index contributed by atoms with van der Waals surface area (Å²) in [6, 6.07) is 7.49. The fourth-order valence-corrected chi connectivity index (χ4v) is 6.38. The van der Waals surface area contributed by atoms with Crippen LogP contribution in [0.3, 0.4) is 0 Å². The van der Waals surface area contributed by atoms with Gasteiger partial charge in [-0.1, -0.05) is 33.6 Å². The molecule has 0 amide bonds. The zero-order chi connectivity index (χ0) is 24.0. The molecule has 2 heterocycles. The van der Waals surface area contributed by atoms with E-state index in [1.54, 1.807) is 5.56 Å². The molecule has 1 aromatic rings. The van der Waals surface area contributed by atoms with E-state index in [0.717, 1.165) is 32.5 Å². The Morgan fingerprint density at radius 2 is 1.56 bits per heavy atom. The van der Waals surface area contributed by atoms with Crippen LogP contribution >= 0.6 is 0 Å². The molecule has 1 aliphatic carbocycles. The Hall–Kier alpha value is -1.26. The molecule has 3 aliphatic rings. The summed E-state index contributed by atoms with van der Waals surface area (Å²) < 4.78 is 5.91. The van der Waals surface area contributed by atoms with E-state index in [1.165, 1.54) is 89.0 Å². The van der Waals surface area contributed by atoms with Gasteiger partial charge < -0.3 is 14.5 Å². The van der Waals surface area contributed by atoms with Gasteiger partial charge >= 0.3 is 0 Å². The quantitative estimate of drug-likeness (QED) is 0.375. The van der Waals surface area contributed by atoms with Crippen molar-refractivity contribution in [3.8, 4) is 0 Å². The highest BCUT2D eigenvalue weighted by Gasteiger charge is 2.31. The van der Waals surface area contributed by atoms with Crippen LogP contribution in [-0.2, 0) is 4.74 Å². The van der Waals surface area contributed by atoms with Crippen LogP contribution < -0.4 is 9.80 Å². The first-order valence-corrected chi connectivity index (χ1v) is 14.5. The smallest absolute Gasteiger partial charge is 0.0608 e. The zero-order valence-electron chi connectivity index (χ0n) is 22.7. The topological polar surface area (TPSA) is 19.0 Å². The van der Waals surface area contributed by atoms with Gasteiger partial charge in [0.15, 0.2) is 0 Å². The number of ether oxygens (including phenoxy) is 1. The molecule has 1 aromatic carbocycles. The number of hydrogen-bond donors (Lipinski definition) is 0. The van der Waals surface area contributed by atoms with E-state index in [9.17, 15) is 0 Å². The molecule has 0 aromatic heterocycles. The summed E-state index contributed by atoms with van der Waals surface area (Å²) in [5.74, 6) is 0.714. The number of piperazine rings is 1. The van der Waals surface area contributed by atoms with Crippen molar-refractivity contribution in [1.29, 1.82) is 0 Å². The first-order valence-electron chi connectivity index (χ1n) is 14.5. The van der Waals surface area contributed by atoms with Crippen LogP contribution in [0, 0.1) is 5.41 Å². The van der Waals surface area contributed by atoms with E-state index in [2.05, 4.69) is 60.6 Å². The highest BCUT2D eigenvalue weighted by atomic mass is 16.5. The molecular formula is C30H51N3O. The highest BCUT2D eigenvalue weighted by Crippen LogP contribution is 2.46. The van der Waals surface area contributed by atoms with Gasteiger partial charge in [-0.05, 0) is 93.5 Å². The number of piperidine rings is 1. The average Bonchev–Trinajstić information content (AvgIpc) is 2.85. The number of hydrogen-bond acceptors (Lipinski definition) is 4. The maximum Gasteiger partial charge on any atom is 0.0608 e. The molecule has 2 saturated heterocycles. The van der Waals surface area contributed by atoms with Gasteiger partial charge in [0.2, 0.25) is 0 Å². The van der Waals surface area contributed by atoms with Gasteiger partial charge in [-0.25, -0.2) is 0 Å². The van der Waals surface area contributed by atoms with Crippen molar-refractivity contribution in [2.75, 3.05) is 62.2 Å². The Kier molecular flexibility index (Phi) is 9.21. The summed E-state index contributed by atoms with van der Waals surface area (Å²) in [7, 11) is 0. The second-order valence-electron chi connectivity index (χ2n) is 11.9. The predicted octanol–water partition coefficient (Wildman–Crippen LogP) is 6.69. The van der Waals surface area contributed by atoms with Gasteiger partial charge in [0, 0.05) is 57.3 Å². The van der Waals surface area contributed by atoms with Crippen LogP contribution in [0.4, 0.5) is 11.4 Å². The molecule has 0 bridgehead atoms. The summed E-state index contributed by atoms with van der Waals surface area (Å²) in [5.41, 5.74) is 5.13. The van der Waals surface area contributed by atoms with Crippen LogP contribution in [0.5, 0.6) is 0 Å². The number of nitrogens with zero attached hydrogens (tertiary/aromatic N) is 3. The average molecular weight is 470 g/mol. The zero-order valence-corrected chi connectivity index (χ0v) is 22.7. The second-order valence-corrected chi connectivity index (χ2v) is 11.9. The standard InChI is InChI=1S/C30H51N3O/c1-5-7-8-17-31-20-22-33(23-21-31)29-10-9-26(32-18-13-27(14-19-32)34-6-2)24-28(29)25-11-15-30(3,4)16-12-25/h9-10,24-25,27H,5-8,11-23H2,1-4H3. The van der Waals surface area contributed by atoms with E-state index in [1.807, 2.05) is 0 Å². The number of anilines is 2. The molecule has 0 spiro atoms. The van der Waals surface area contributed by atoms with Crippen molar-refractivity contribution in [3.63, 3.8) is 0 Å². The molecular weight excluding hydrogens is 418 g/mol. The van der Waals surface area contributed by atoms with Crippen molar-refractivity contribution in [1.82, 2.24) is 4.90 Å². The van der Waals surface area contributed by atoms with E-state index >= 15 is 0 Å². The van der Waals surface area contributed by atoms with Crippen LogP contribution in [0.1, 0.15) is 97.0 Å². The molecule has 0 atom stereocenters. The summed E-state index contributed by atoms with van der Waals surface area (Å²) in [6.07, 6.45) is 12.2. The van der Waals surface area contributed by atoms with Crippen LogP contribution in [0.15, 0.2) is 18.2 Å². The molecule has 0 unspecified atom stereocenters. The number of rotatable bonds is 9. The van der Waals surface area contributed by atoms with Crippen LogP contribution in [0.25, 0.3) is 0 Å². The Morgan fingerprint density at radius 1 is 0.853 bits per heavy atom. The van der Waals surface area contributed by atoms with E-state index in [0.29, 0.717) is 17.4 Å². The number of unbranched alkanes of at least 4 members (excludes halogenated alkanes) is 2. The minimum atomic E-state index is 0.453. The molecule has 0 N–H and O–H groups in total. The lowest BCUT2D eigenvalue weighted by Gasteiger charge is -2.41. The van der Waals surface area contributed by atoms with Crippen LogP contribution in [0.2, 0.25) is 0 Å². The lowest BCUT2D eigenvalue weighted by molar-refractivity contribution is 0.0459. The van der Waals surface area contributed by atoms with E-state index in [-0.39, 0.29) is 0 Å². The Morgan fingerprint density at radius 3 is 2.21 bits per heavy atom. The third kappa shape index (κ3) is 6.69. The van der Waals surface area contributed by atoms with Crippen molar-refractivity contribution >= 4 is 11.4 Å². The Balaban J connectivity index is 1.47. The number of benzene rings is 1. The summed E-state index contributed by atoms with van der Waals surface area (Å²) >= 11 is 0. The third-order valence-electron chi connectivity index (χ3n) is 8.79. The van der Waals surface area contributed by atoms with E-state index in [4.69, 9.17) is 4.74 Å². The molecule has 192 valence electrons. The van der Waals surface area contributed by atoms with Gasteiger partial charge in [0.25, 0.3) is 0 Å². The van der Waals surface area contributed by atoms with Crippen molar-refractivity contribution in [2.45, 2.75) is 97.5 Å². The van der Waals surface area contributed by atoms with Crippen molar-refractivity contribution in [2.24, 2.45) is 5.41 Å². The van der Waals surface area contributed by atoms with Gasteiger partial charge in [0.05, 0.1) is 6.10 Å². The summed E-state index contributed by atoms with van der Waals surface area (Å²) in [5, 5.41) is 0. The lowest BCUT2D eigenvalue weighted by Crippen LogP contribution is -2.47. The predicted molar refractivity (Wildman–Crippen MR) is 146 cm³/mol. The molecule has 4 rings (SSSR count). The first kappa shape index (κ1) is 25.8. The minimum Gasteiger partial charge on any atom is -0.378 e. The Labute approximate surface area is 210 Å². The molecule has 34 heavy (non-hydrogen) atoms. The highest BCUT2D eigenvalue weighted by molar-refractivity contribution is 5.63. The van der Waals surface area contributed by atoms with Crippen LogP contribution in [-0.4, -0.2) is 63.4 Å². The molecule has 4 heteroatoms. The second kappa shape index (κ2) is 12.1. The largest absolute Gasteiger partial charge is 0.378 e. The minimum absolute atomic E-state index is 0.453. The van der Waals surface area contributed by atoms with Crippen molar-refractivity contribution in [3.05, 3.63) is 23.8 Å². The molecule has 3 fully saturated rings. The van der Waals surface area contributed by atoms with Gasteiger partial charge in [-0.3, -0.25) is 4.90 Å². The lowest BCUT2D eigenvalue weighted by atomic mass is 9.71. The van der Waals surface area contributed by atoms with Gasteiger partial charge in [0.1, 0.15) is 0 Å². The fourth-order valence-electron chi connectivity index (χ4n) is 6.38. The maximum atomic E-state index is 5.91. The van der Waals surface area contributed by atoms with Gasteiger partial charge in [-0.2, -0.15) is 0 Å². The first-order chi connectivity index (χ1) is 16.5.